The first-order valence-electron chi connectivity index (χ1n) is 6.24. The van der Waals surface area contributed by atoms with Gasteiger partial charge in [-0.15, -0.1) is 0 Å². The third kappa shape index (κ3) is 5.18. The number of para-hydroxylation sites is 1. The Morgan fingerprint density at radius 2 is 1.79 bits per heavy atom. The van der Waals surface area contributed by atoms with Gasteiger partial charge in [0.15, 0.2) is 0 Å². The van der Waals surface area contributed by atoms with Gasteiger partial charge in [-0.25, -0.2) is 8.42 Å². The fraction of sp³-hybridized carbons (Fsp3) is 0.538. The van der Waals surface area contributed by atoms with Gasteiger partial charge < -0.3 is 9.47 Å². The van der Waals surface area contributed by atoms with Crippen LogP contribution in [0.15, 0.2) is 30.3 Å². The van der Waals surface area contributed by atoms with E-state index in [4.69, 9.17) is 9.47 Å². The summed E-state index contributed by atoms with van der Waals surface area (Å²) in [6, 6.07) is 9.07. The molecule has 5 nitrogen and oxygen atoms in total. The van der Waals surface area contributed by atoms with Gasteiger partial charge in [-0.3, -0.25) is 4.31 Å². The molecule has 19 heavy (non-hydrogen) atoms. The van der Waals surface area contributed by atoms with Crippen LogP contribution < -0.4 is 4.31 Å². The average molecular weight is 287 g/mol. The van der Waals surface area contributed by atoms with E-state index >= 15 is 0 Å². The zero-order chi connectivity index (χ0) is 14.1. The Labute approximate surface area is 115 Å². The highest BCUT2D eigenvalue weighted by Crippen LogP contribution is 2.17. The fourth-order valence-corrected chi connectivity index (χ4v) is 3.04. The minimum absolute atomic E-state index is 0.0283. The topological polar surface area (TPSA) is 55.8 Å². The van der Waals surface area contributed by atoms with Gasteiger partial charge in [0.2, 0.25) is 10.0 Å². The van der Waals surface area contributed by atoms with Crippen LogP contribution in [0.1, 0.15) is 6.92 Å². The first-order chi connectivity index (χ1) is 9.11. The quantitative estimate of drug-likeness (QED) is 0.646. The maximum atomic E-state index is 12.2. The van der Waals surface area contributed by atoms with E-state index in [1.807, 2.05) is 25.1 Å². The van der Waals surface area contributed by atoms with Crippen molar-refractivity contribution in [2.45, 2.75) is 6.92 Å². The minimum Gasteiger partial charge on any atom is -0.382 e. The van der Waals surface area contributed by atoms with Crippen molar-refractivity contribution in [2.75, 3.05) is 43.5 Å². The monoisotopic (exact) mass is 287 g/mol. The lowest BCUT2D eigenvalue weighted by Crippen LogP contribution is -2.34. The Kier molecular flexibility index (Phi) is 6.83. The molecule has 0 aliphatic heterocycles. The van der Waals surface area contributed by atoms with Crippen molar-refractivity contribution in [1.29, 1.82) is 0 Å². The lowest BCUT2D eigenvalue weighted by atomic mass is 10.3. The molecule has 0 N–H and O–H groups in total. The lowest BCUT2D eigenvalue weighted by molar-refractivity contribution is 0.0785. The maximum absolute atomic E-state index is 12.2. The molecule has 0 bridgehead atoms. The second-order valence-corrected chi connectivity index (χ2v) is 5.93. The van der Waals surface area contributed by atoms with E-state index in [1.165, 1.54) is 4.31 Å². The van der Waals surface area contributed by atoms with Gasteiger partial charge in [0, 0.05) is 13.7 Å². The molecule has 0 aliphatic carbocycles. The van der Waals surface area contributed by atoms with Crippen LogP contribution in [0, 0.1) is 0 Å². The van der Waals surface area contributed by atoms with E-state index < -0.39 is 10.0 Å². The lowest BCUT2D eigenvalue weighted by Gasteiger charge is -2.22. The highest BCUT2D eigenvalue weighted by molar-refractivity contribution is 7.92. The molecule has 0 amide bonds. The maximum Gasteiger partial charge on any atom is 0.237 e. The molecule has 0 fully saturated rings. The number of methoxy groups -OCH3 is 1. The van der Waals surface area contributed by atoms with Crippen molar-refractivity contribution in [3.8, 4) is 0 Å². The normalized spacial score (nSPS) is 11.5. The second kappa shape index (κ2) is 8.14. The van der Waals surface area contributed by atoms with Crippen LogP contribution in [0.4, 0.5) is 5.69 Å². The molecule has 0 saturated carbocycles. The Balaban J connectivity index is 2.59. The van der Waals surface area contributed by atoms with Crippen LogP contribution in [0.3, 0.4) is 0 Å². The molecule has 0 radical (unpaired) electrons. The van der Waals surface area contributed by atoms with Crippen molar-refractivity contribution < 1.29 is 17.9 Å². The summed E-state index contributed by atoms with van der Waals surface area (Å²) >= 11 is 0. The summed E-state index contributed by atoms with van der Waals surface area (Å²) in [6.45, 7) is 3.27. The van der Waals surface area contributed by atoms with E-state index in [-0.39, 0.29) is 12.4 Å². The third-order valence-corrected chi connectivity index (χ3v) is 4.41. The predicted molar refractivity (Wildman–Crippen MR) is 75.9 cm³/mol. The van der Waals surface area contributed by atoms with Crippen LogP contribution in [-0.4, -0.2) is 47.6 Å². The van der Waals surface area contributed by atoms with Crippen LogP contribution in [0.25, 0.3) is 0 Å². The molecule has 0 spiro atoms. The highest BCUT2D eigenvalue weighted by Gasteiger charge is 2.20. The summed E-state index contributed by atoms with van der Waals surface area (Å²) < 4.78 is 35.9. The van der Waals surface area contributed by atoms with E-state index in [1.54, 1.807) is 19.2 Å². The number of ether oxygens (including phenoxy) is 2. The standard InChI is InChI=1S/C13H21NO4S/c1-3-14(13-7-5-4-6-8-13)19(15,16)12-11-18-10-9-17-2/h4-8H,3,9-12H2,1-2H3. The smallest absolute Gasteiger partial charge is 0.237 e. The average Bonchev–Trinajstić information content (AvgIpc) is 2.40. The van der Waals surface area contributed by atoms with Crippen molar-refractivity contribution in [1.82, 2.24) is 0 Å². The Morgan fingerprint density at radius 3 is 2.37 bits per heavy atom. The summed E-state index contributed by atoms with van der Waals surface area (Å²) in [5, 5.41) is 0. The zero-order valence-corrected chi connectivity index (χ0v) is 12.2. The molecule has 1 aromatic rings. The summed E-state index contributed by atoms with van der Waals surface area (Å²) in [4.78, 5) is 0. The molecule has 0 unspecified atom stereocenters. The van der Waals surface area contributed by atoms with Crippen LogP contribution in [0.5, 0.6) is 0 Å². The molecule has 0 heterocycles. The van der Waals surface area contributed by atoms with Gasteiger partial charge in [0.25, 0.3) is 0 Å². The molecular weight excluding hydrogens is 266 g/mol. The van der Waals surface area contributed by atoms with Crippen molar-refractivity contribution in [2.24, 2.45) is 0 Å². The molecule has 0 atom stereocenters. The predicted octanol–water partition coefficient (Wildman–Crippen LogP) is 1.51. The van der Waals surface area contributed by atoms with Gasteiger partial charge in [0.1, 0.15) is 0 Å². The number of anilines is 1. The van der Waals surface area contributed by atoms with Crippen LogP contribution >= 0.6 is 0 Å². The molecule has 1 rings (SSSR count). The van der Waals surface area contributed by atoms with E-state index in [0.29, 0.717) is 25.4 Å². The summed E-state index contributed by atoms with van der Waals surface area (Å²) in [5.41, 5.74) is 0.682. The van der Waals surface area contributed by atoms with E-state index in [0.717, 1.165) is 0 Å². The Bertz CT molecular complexity index is 447. The molecule has 0 aliphatic rings. The van der Waals surface area contributed by atoms with Crippen LogP contribution in [0.2, 0.25) is 0 Å². The van der Waals surface area contributed by atoms with Crippen molar-refractivity contribution in [3.63, 3.8) is 0 Å². The van der Waals surface area contributed by atoms with Gasteiger partial charge in [0.05, 0.1) is 31.3 Å². The first kappa shape index (κ1) is 15.9. The Hall–Kier alpha value is -1.11. The van der Waals surface area contributed by atoms with E-state index in [9.17, 15) is 8.42 Å². The van der Waals surface area contributed by atoms with Crippen molar-refractivity contribution >= 4 is 15.7 Å². The molecule has 0 saturated heterocycles. The zero-order valence-electron chi connectivity index (χ0n) is 11.4. The highest BCUT2D eigenvalue weighted by atomic mass is 32.2. The molecule has 1 aromatic carbocycles. The molecule has 0 aromatic heterocycles. The van der Waals surface area contributed by atoms with E-state index in [2.05, 4.69) is 0 Å². The Morgan fingerprint density at radius 1 is 1.11 bits per heavy atom. The number of sulfonamides is 1. The molecule has 108 valence electrons. The fourth-order valence-electron chi connectivity index (χ4n) is 1.65. The number of benzene rings is 1. The number of hydrogen-bond donors (Lipinski definition) is 0. The summed E-state index contributed by atoms with van der Waals surface area (Å²) in [5.74, 6) is -0.0283. The number of hydrogen-bond acceptors (Lipinski definition) is 4. The first-order valence-corrected chi connectivity index (χ1v) is 7.85. The minimum atomic E-state index is -3.35. The van der Waals surface area contributed by atoms with Gasteiger partial charge >= 0.3 is 0 Å². The summed E-state index contributed by atoms with van der Waals surface area (Å²) in [7, 11) is -1.77. The van der Waals surface area contributed by atoms with Gasteiger partial charge in [-0.05, 0) is 19.1 Å². The summed E-state index contributed by atoms with van der Waals surface area (Å²) in [6.07, 6.45) is 0. The third-order valence-electron chi connectivity index (χ3n) is 2.58. The largest absolute Gasteiger partial charge is 0.382 e. The number of rotatable bonds is 9. The van der Waals surface area contributed by atoms with Gasteiger partial charge in [-0.2, -0.15) is 0 Å². The SMILES string of the molecule is CCN(c1ccccc1)S(=O)(=O)CCOCCOC. The second-order valence-electron chi connectivity index (χ2n) is 3.92. The van der Waals surface area contributed by atoms with Gasteiger partial charge in [-0.1, -0.05) is 18.2 Å². The van der Waals surface area contributed by atoms with Crippen molar-refractivity contribution in [3.05, 3.63) is 30.3 Å². The molecule has 6 heteroatoms. The number of nitrogens with zero attached hydrogens (tertiary/aromatic N) is 1. The van der Waals surface area contributed by atoms with Crippen LogP contribution in [-0.2, 0) is 19.5 Å². The molecular formula is C13H21NO4S.